The Labute approximate surface area is 94.7 Å². The molecule has 2 rings (SSSR count). The molecule has 1 saturated heterocycles. The van der Waals surface area contributed by atoms with Crippen LogP contribution in [0.4, 0.5) is 6.01 Å². The summed E-state index contributed by atoms with van der Waals surface area (Å²) in [6.45, 7) is 1.97. The molecule has 0 saturated carbocycles. The highest BCUT2D eigenvalue weighted by atomic mass is 16.4. The van der Waals surface area contributed by atoms with Crippen LogP contribution in [0.25, 0.3) is 0 Å². The van der Waals surface area contributed by atoms with E-state index in [0.717, 1.165) is 32.4 Å². The van der Waals surface area contributed by atoms with Gasteiger partial charge in [-0.05, 0) is 25.2 Å². The van der Waals surface area contributed by atoms with Gasteiger partial charge in [-0.2, -0.15) is 4.98 Å². The smallest absolute Gasteiger partial charge is 0.297 e. The predicted molar refractivity (Wildman–Crippen MR) is 59.1 cm³/mol. The normalized spacial score (nSPS) is 21.4. The third-order valence-corrected chi connectivity index (χ3v) is 3.03. The van der Waals surface area contributed by atoms with Crippen LogP contribution < -0.4 is 4.90 Å². The number of aliphatic hydroxyl groups is 2. The van der Waals surface area contributed by atoms with Crippen molar-refractivity contribution in [3.05, 3.63) is 12.0 Å². The fourth-order valence-electron chi connectivity index (χ4n) is 2.17. The first-order chi connectivity index (χ1) is 7.83. The minimum atomic E-state index is -0.0859. The van der Waals surface area contributed by atoms with E-state index < -0.39 is 0 Å². The highest BCUT2D eigenvalue weighted by molar-refractivity contribution is 5.27. The molecule has 1 aliphatic rings. The van der Waals surface area contributed by atoms with E-state index in [4.69, 9.17) is 14.6 Å². The molecular weight excluding hydrogens is 208 g/mol. The second-order valence-corrected chi connectivity index (χ2v) is 4.25. The molecule has 1 aromatic rings. The number of rotatable bonds is 4. The van der Waals surface area contributed by atoms with Crippen LogP contribution in [0.5, 0.6) is 0 Å². The summed E-state index contributed by atoms with van der Waals surface area (Å²) in [6.07, 6.45) is 4.58. The van der Waals surface area contributed by atoms with Gasteiger partial charge in [0.05, 0.1) is 6.61 Å². The molecule has 0 spiro atoms. The lowest BCUT2D eigenvalue weighted by Crippen LogP contribution is -2.36. The number of hydrogen-bond donors (Lipinski definition) is 2. The molecule has 1 unspecified atom stereocenters. The van der Waals surface area contributed by atoms with Crippen LogP contribution in [0.2, 0.25) is 0 Å². The van der Waals surface area contributed by atoms with Gasteiger partial charge in [-0.15, -0.1) is 0 Å². The van der Waals surface area contributed by atoms with Gasteiger partial charge < -0.3 is 19.5 Å². The Morgan fingerprint density at radius 2 is 2.38 bits per heavy atom. The van der Waals surface area contributed by atoms with Gasteiger partial charge >= 0.3 is 0 Å². The highest BCUT2D eigenvalue weighted by Crippen LogP contribution is 2.24. The number of piperidine rings is 1. The molecule has 5 nitrogen and oxygen atoms in total. The Morgan fingerprint density at radius 3 is 3.06 bits per heavy atom. The molecule has 16 heavy (non-hydrogen) atoms. The van der Waals surface area contributed by atoms with Gasteiger partial charge in [0, 0.05) is 19.7 Å². The first-order valence-corrected chi connectivity index (χ1v) is 5.74. The van der Waals surface area contributed by atoms with Crippen LogP contribution in [0.3, 0.4) is 0 Å². The third-order valence-electron chi connectivity index (χ3n) is 3.03. The maximum absolute atomic E-state index is 8.93. The summed E-state index contributed by atoms with van der Waals surface area (Å²) >= 11 is 0. The Balaban J connectivity index is 1.98. The minimum Gasteiger partial charge on any atom is -0.432 e. The molecule has 2 heterocycles. The van der Waals surface area contributed by atoms with Crippen LogP contribution in [0.1, 0.15) is 25.0 Å². The summed E-state index contributed by atoms with van der Waals surface area (Å²) in [5.74, 6) is 0.517. The van der Waals surface area contributed by atoms with Crippen LogP contribution >= 0.6 is 0 Å². The molecule has 0 radical (unpaired) electrons. The lowest BCUT2D eigenvalue weighted by atomic mass is 9.95. The highest BCUT2D eigenvalue weighted by Gasteiger charge is 2.22. The van der Waals surface area contributed by atoms with Gasteiger partial charge in [0.1, 0.15) is 12.0 Å². The van der Waals surface area contributed by atoms with Crippen molar-refractivity contribution in [3.63, 3.8) is 0 Å². The fraction of sp³-hybridized carbons (Fsp3) is 0.727. The quantitative estimate of drug-likeness (QED) is 0.793. The number of nitrogens with zero attached hydrogens (tertiary/aromatic N) is 2. The average Bonchev–Trinajstić information content (AvgIpc) is 2.78. The summed E-state index contributed by atoms with van der Waals surface area (Å²) in [6, 6.07) is 0.590. The molecule has 1 aliphatic heterocycles. The van der Waals surface area contributed by atoms with E-state index in [0.29, 0.717) is 17.6 Å². The Bertz CT molecular complexity index is 325. The van der Waals surface area contributed by atoms with Crippen molar-refractivity contribution in [1.82, 2.24) is 4.98 Å². The van der Waals surface area contributed by atoms with Crippen molar-refractivity contribution in [2.45, 2.75) is 25.9 Å². The zero-order valence-electron chi connectivity index (χ0n) is 9.30. The molecule has 1 aromatic heterocycles. The standard InChI is InChI=1S/C11H18N2O3/c14-5-3-9-2-1-4-13(6-9)11-12-10(7-15)8-16-11/h8-9,14-15H,1-7H2. The average molecular weight is 226 g/mol. The molecule has 0 bridgehead atoms. The van der Waals surface area contributed by atoms with Gasteiger partial charge in [-0.3, -0.25) is 0 Å². The molecule has 0 aliphatic carbocycles. The molecule has 2 N–H and O–H groups in total. The lowest BCUT2D eigenvalue weighted by molar-refractivity contribution is 0.242. The Hall–Kier alpha value is -1.07. The van der Waals surface area contributed by atoms with Crippen molar-refractivity contribution in [2.75, 3.05) is 24.6 Å². The summed E-state index contributed by atoms with van der Waals surface area (Å²) < 4.78 is 5.31. The van der Waals surface area contributed by atoms with Crippen LogP contribution in [0.15, 0.2) is 10.7 Å². The number of oxazole rings is 1. The predicted octanol–water partition coefficient (Wildman–Crippen LogP) is 0.766. The molecule has 0 aromatic carbocycles. The number of hydrogen-bond acceptors (Lipinski definition) is 5. The van der Waals surface area contributed by atoms with E-state index in [1.165, 1.54) is 6.26 Å². The minimum absolute atomic E-state index is 0.0859. The van der Waals surface area contributed by atoms with E-state index in [-0.39, 0.29) is 13.2 Å². The lowest BCUT2D eigenvalue weighted by Gasteiger charge is -2.31. The first kappa shape index (κ1) is 11.4. The van der Waals surface area contributed by atoms with Crippen molar-refractivity contribution >= 4 is 6.01 Å². The largest absolute Gasteiger partial charge is 0.432 e. The Kier molecular flexibility index (Phi) is 3.79. The summed E-state index contributed by atoms with van der Waals surface area (Å²) in [5, 5.41) is 17.8. The monoisotopic (exact) mass is 226 g/mol. The van der Waals surface area contributed by atoms with Crippen LogP contribution in [-0.4, -0.2) is 34.9 Å². The fourth-order valence-corrected chi connectivity index (χ4v) is 2.17. The number of aliphatic hydroxyl groups excluding tert-OH is 2. The van der Waals surface area contributed by atoms with Gasteiger partial charge in [0.2, 0.25) is 0 Å². The molecule has 1 atom stereocenters. The molecule has 0 amide bonds. The first-order valence-electron chi connectivity index (χ1n) is 5.74. The molecule has 5 heteroatoms. The summed E-state index contributed by atoms with van der Waals surface area (Å²) in [5.41, 5.74) is 0.569. The second-order valence-electron chi connectivity index (χ2n) is 4.25. The molecule has 90 valence electrons. The number of anilines is 1. The topological polar surface area (TPSA) is 69.7 Å². The van der Waals surface area contributed by atoms with Crippen molar-refractivity contribution in [2.24, 2.45) is 5.92 Å². The second kappa shape index (κ2) is 5.32. The third kappa shape index (κ3) is 2.54. The molecular formula is C11H18N2O3. The summed E-state index contributed by atoms with van der Waals surface area (Å²) in [7, 11) is 0. The van der Waals surface area contributed by atoms with E-state index in [1.54, 1.807) is 0 Å². The van der Waals surface area contributed by atoms with Crippen molar-refractivity contribution < 1.29 is 14.6 Å². The van der Waals surface area contributed by atoms with Crippen molar-refractivity contribution in [1.29, 1.82) is 0 Å². The van der Waals surface area contributed by atoms with E-state index in [9.17, 15) is 0 Å². The van der Waals surface area contributed by atoms with E-state index in [1.807, 2.05) is 0 Å². The Morgan fingerprint density at radius 1 is 1.50 bits per heavy atom. The van der Waals surface area contributed by atoms with Gasteiger partial charge in [-0.1, -0.05) is 0 Å². The SMILES string of the molecule is OCCC1CCCN(c2nc(CO)co2)C1. The summed E-state index contributed by atoms with van der Waals surface area (Å²) in [4.78, 5) is 6.28. The van der Waals surface area contributed by atoms with Gasteiger partial charge in [0.15, 0.2) is 0 Å². The number of aromatic nitrogens is 1. The van der Waals surface area contributed by atoms with E-state index >= 15 is 0 Å². The van der Waals surface area contributed by atoms with Crippen LogP contribution in [-0.2, 0) is 6.61 Å². The molecule has 1 fully saturated rings. The maximum atomic E-state index is 8.93. The van der Waals surface area contributed by atoms with Gasteiger partial charge in [-0.25, -0.2) is 0 Å². The van der Waals surface area contributed by atoms with Crippen LogP contribution in [0, 0.1) is 5.92 Å². The zero-order chi connectivity index (χ0) is 11.4. The van der Waals surface area contributed by atoms with Gasteiger partial charge in [0.25, 0.3) is 6.01 Å². The van der Waals surface area contributed by atoms with E-state index in [2.05, 4.69) is 9.88 Å². The zero-order valence-corrected chi connectivity index (χ0v) is 9.30. The van der Waals surface area contributed by atoms with Crippen molar-refractivity contribution in [3.8, 4) is 0 Å². The maximum Gasteiger partial charge on any atom is 0.297 e.